The first kappa shape index (κ1) is 25.9. The monoisotopic (exact) mass is 539 g/mol. The predicted molar refractivity (Wildman–Crippen MR) is 150 cm³/mol. The number of nitrogens with zero attached hydrogens (tertiary/aromatic N) is 1. The Hall–Kier alpha value is -4.39. The number of halogens is 1. The molecule has 4 aromatic rings. The number of rotatable bonds is 7. The third kappa shape index (κ3) is 4.66. The summed E-state index contributed by atoms with van der Waals surface area (Å²) in [5, 5.41) is 9.16. The van der Waals surface area contributed by atoms with Gasteiger partial charge in [-0.25, -0.2) is 9.37 Å². The highest BCUT2D eigenvalue weighted by atomic mass is 19.1. The number of hydrogen-bond donors (Lipinski definition) is 1. The van der Waals surface area contributed by atoms with Gasteiger partial charge >= 0.3 is 5.97 Å². The minimum atomic E-state index is -0.853. The average molecular weight is 540 g/mol. The molecule has 0 radical (unpaired) electrons. The van der Waals surface area contributed by atoms with Crippen molar-refractivity contribution < 1.29 is 28.5 Å². The Bertz CT molecular complexity index is 1610. The largest absolute Gasteiger partial charge is 0.492 e. The zero-order valence-electron chi connectivity index (χ0n) is 22.7. The van der Waals surface area contributed by atoms with E-state index in [1.54, 1.807) is 25.4 Å². The van der Waals surface area contributed by atoms with Gasteiger partial charge in [-0.05, 0) is 83.8 Å². The highest BCUT2D eigenvalue weighted by Gasteiger charge is 2.32. The maximum atomic E-state index is 15.3. The first-order valence-corrected chi connectivity index (χ1v) is 13.4. The van der Waals surface area contributed by atoms with Gasteiger partial charge < -0.3 is 19.3 Å². The van der Waals surface area contributed by atoms with E-state index in [-0.39, 0.29) is 18.2 Å². The lowest BCUT2D eigenvalue weighted by molar-refractivity contribution is -0.137. The smallest absolute Gasteiger partial charge is 0.304 e. The summed E-state index contributed by atoms with van der Waals surface area (Å²) in [5.41, 5.74) is 8.90. The number of methoxy groups -OCH3 is 1. The maximum absolute atomic E-state index is 15.3. The number of carboxylic acid groups (broad SMARTS) is 1. The van der Waals surface area contributed by atoms with Gasteiger partial charge in [0.15, 0.2) is 0 Å². The van der Waals surface area contributed by atoms with E-state index in [0.29, 0.717) is 42.4 Å². The summed E-state index contributed by atoms with van der Waals surface area (Å²) in [7, 11) is 1.60. The summed E-state index contributed by atoms with van der Waals surface area (Å²) in [6, 6.07) is 17.1. The van der Waals surface area contributed by atoms with Crippen molar-refractivity contribution in [2.45, 2.75) is 45.1 Å². The van der Waals surface area contributed by atoms with Gasteiger partial charge in [0, 0.05) is 35.4 Å². The second-order valence-electron chi connectivity index (χ2n) is 10.5. The minimum absolute atomic E-state index is 0.0216. The van der Waals surface area contributed by atoms with Crippen LogP contribution in [-0.2, 0) is 11.2 Å². The lowest BCUT2D eigenvalue weighted by atomic mass is 9.88. The van der Waals surface area contributed by atoms with Gasteiger partial charge in [-0.15, -0.1) is 0 Å². The Morgan fingerprint density at radius 1 is 1.07 bits per heavy atom. The van der Waals surface area contributed by atoms with E-state index in [1.165, 1.54) is 0 Å². The first-order valence-electron chi connectivity index (χ1n) is 13.4. The van der Waals surface area contributed by atoms with Gasteiger partial charge in [-0.3, -0.25) is 4.79 Å². The van der Waals surface area contributed by atoms with Crippen LogP contribution < -0.4 is 14.2 Å². The zero-order chi connectivity index (χ0) is 28.0. The minimum Gasteiger partial charge on any atom is -0.492 e. The molecule has 1 aliphatic heterocycles. The number of carboxylic acids is 1. The maximum Gasteiger partial charge on any atom is 0.304 e. The van der Waals surface area contributed by atoms with Crippen molar-refractivity contribution in [1.82, 2.24) is 4.98 Å². The summed E-state index contributed by atoms with van der Waals surface area (Å²) >= 11 is 0. The topological polar surface area (TPSA) is 77.9 Å². The zero-order valence-corrected chi connectivity index (χ0v) is 22.7. The summed E-state index contributed by atoms with van der Waals surface area (Å²) in [4.78, 5) is 15.4. The third-order valence-corrected chi connectivity index (χ3v) is 7.93. The molecule has 0 fully saturated rings. The van der Waals surface area contributed by atoms with Crippen LogP contribution in [0, 0.1) is 19.7 Å². The van der Waals surface area contributed by atoms with Crippen LogP contribution in [0.15, 0.2) is 60.8 Å². The highest BCUT2D eigenvalue weighted by molar-refractivity contribution is 5.80. The number of fused-ring (bicyclic) bond motifs is 2. The predicted octanol–water partition coefficient (Wildman–Crippen LogP) is 7.20. The van der Waals surface area contributed by atoms with Crippen LogP contribution in [0.5, 0.6) is 17.4 Å². The van der Waals surface area contributed by atoms with Crippen molar-refractivity contribution in [3.8, 4) is 39.6 Å². The molecule has 6 rings (SSSR count). The molecule has 0 spiro atoms. The molecule has 2 heterocycles. The second-order valence-corrected chi connectivity index (χ2v) is 10.5. The highest BCUT2D eigenvalue weighted by Crippen LogP contribution is 2.45. The van der Waals surface area contributed by atoms with Gasteiger partial charge in [-0.1, -0.05) is 24.3 Å². The number of aryl methyl sites for hydroxylation is 2. The van der Waals surface area contributed by atoms with Crippen molar-refractivity contribution in [1.29, 1.82) is 0 Å². The van der Waals surface area contributed by atoms with Crippen LogP contribution >= 0.6 is 0 Å². The lowest BCUT2D eigenvalue weighted by Gasteiger charge is -2.19. The van der Waals surface area contributed by atoms with E-state index in [9.17, 15) is 4.79 Å². The fourth-order valence-corrected chi connectivity index (χ4v) is 6.16. The van der Waals surface area contributed by atoms with Crippen LogP contribution in [-0.4, -0.2) is 29.8 Å². The van der Waals surface area contributed by atoms with Gasteiger partial charge in [0.1, 0.15) is 23.4 Å². The molecule has 1 unspecified atom stereocenters. The van der Waals surface area contributed by atoms with Crippen molar-refractivity contribution >= 4 is 5.97 Å². The van der Waals surface area contributed by atoms with Gasteiger partial charge in [-0.2, -0.15) is 0 Å². The number of aliphatic carboxylic acids is 1. The van der Waals surface area contributed by atoms with Crippen molar-refractivity contribution in [3.05, 3.63) is 94.4 Å². The summed E-state index contributed by atoms with van der Waals surface area (Å²) in [5.74, 6) is 0.488. The van der Waals surface area contributed by atoms with E-state index in [1.807, 2.05) is 30.3 Å². The Balaban J connectivity index is 1.31. The molecule has 0 bridgehead atoms. The van der Waals surface area contributed by atoms with E-state index in [0.717, 1.165) is 44.5 Å². The Morgan fingerprint density at radius 3 is 2.62 bits per heavy atom. The average Bonchev–Trinajstić information content (AvgIpc) is 3.54. The van der Waals surface area contributed by atoms with Crippen molar-refractivity contribution in [2.24, 2.45) is 0 Å². The normalized spacial score (nSPS) is 17.2. The first-order chi connectivity index (χ1) is 19.3. The number of aromatic nitrogens is 1. The molecule has 204 valence electrons. The van der Waals surface area contributed by atoms with E-state index >= 15 is 4.39 Å². The number of ether oxygens (including phenoxy) is 3. The third-order valence-electron chi connectivity index (χ3n) is 7.93. The molecular formula is C33H30FNO5. The Morgan fingerprint density at radius 2 is 1.88 bits per heavy atom. The molecule has 1 aromatic heterocycles. The van der Waals surface area contributed by atoms with Crippen LogP contribution in [0.4, 0.5) is 4.39 Å². The molecular weight excluding hydrogens is 509 g/mol. The summed E-state index contributed by atoms with van der Waals surface area (Å²) in [6.45, 7) is 4.51. The summed E-state index contributed by atoms with van der Waals surface area (Å²) < 4.78 is 32.7. The SMILES string of the molecule is COc1cc(-c2cc(C)c(-c3ccc(F)c4c3CC[C@H]4Oc3ccc4c(c3)OCC4CC(=O)O)c(C)c2)ccn1. The standard InChI is InChI=1S/C33H30FNO5/c1-18-12-21(20-10-11-35-30(14-20)38-3)13-19(2)32(18)25-6-8-27(34)33-26(25)7-9-28(33)40-23-4-5-24-22(15-31(36)37)17-39-29(24)16-23/h4-6,8,10-14,16,22,28H,7,9,15,17H2,1-3H3,(H,36,37)/t22?,28-/m1/s1. The molecule has 0 saturated carbocycles. The molecule has 0 amide bonds. The Kier molecular flexibility index (Phi) is 6.66. The molecule has 0 saturated heterocycles. The van der Waals surface area contributed by atoms with Gasteiger partial charge in [0.05, 0.1) is 20.1 Å². The number of pyridine rings is 1. The Labute approximate surface area is 232 Å². The van der Waals surface area contributed by atoms with Gasteiger partial charge in [0.2, 0.25) is 5.88 Å². The second kappa shape index (κ2) is 10.3. The quantitative estimate of drug-likeness (QED) is 0.268. The van der Waals surface area contributed by atoms with Crippen LogP contribution in [0.1, 0.15) is 52.7 Å². The van der Waals surface area contributed by atoms with Gasteiger partial charge in [0.25, 0.3) is 0 Å². The van der Waals surface area contributed by atoms with E-state index in [4.69, 9.17) is 19.3 Å². The van der Waals surface area contributed by atoms with Crippen molar-refractivity contribution in [2.75, 3.05) is 13.7 Å². The lowest BCUT2D eigenvalue weighted by Crippen LogP contribution is -2.07. The van der Waals surface area contributed by atoms with Crippen LogP contribution in [0.25, 0.3) is 22.3 Å². The van der Waals surface area contributed by atoms with E-state index in [2.05, 4.69) is 31.0 Å². The molecule has 1 N–H and O–H groups in total. The molecule has 2 atom stereocenters. The van der Waals surface area contributed by atoms with E-state index < -0.39 is 12.1 Å². The van der Waals surface area contributed by atoms with Crippen molar-refractivity contribution in [3.63, 3.8) is 0 Å². The number of benzene rings is 3. The molecule has 40 heavy (non-hydrogen) atoms. The molecule has 7 heteroatoms. The molecule has 1 aliphatic carbocycles. The fraction of sp³-hybridized carbons (Fsp3) is 0.273. The number of hydrogen-bond acceptors (Lipinski definition) is 5. The van der Waals surface area contributed by atoms with Crippen LogP contribution in [0.3, 0.4) is 0 Å². The van der Waals surface area contributed by atoms with Crippen LogP contribution in [0.2, 0.25) is 0 Å². The number of carbonyl (C=O) groups is 1. The molecule has 2 aliphatic rings. The molecule has 6 nitrogen and oxygen atoms in total. The molecule has 3 aromatic carbocycles. The summed E-state index contributed by atoms with van der Waals surface area (Å²) in [6.07, 6.45) is 2.70. The fourth-order valence-electron chi connectivity index (χ4n) is 6.16.